The molecule has 0 aromatic carbocycles. The minimum Gasteiger partial charge on any atom is -0.469 e. The molecule has 1 rings (SSSR count). The molecule has 0 aliphatic rings. The van der Waals surface area contributed by atoms with Gasteiger partial charge in [0.1, 0.15) is 6.10 Å². The molecule has 0 radical (unpaired) electrons. The highest BCUT2D eigenvalue weighted by molar-refractivity contribution is 9.10. The van der Waals surface area contributed by atoms with Gasteiger partial charge in [-0.15, -0.1) is 0 Å². The molecule has 1 atom stereocenters. The van der Waals surface area contributed by atoms with Crippen molar-refractivity contribution in [3.63, 3.8) is 0 Å². The fourth-order valence-electron chi connectivity index (χ4n) is 1.16. The van der Waals surface area contributed by atoms with Crippen molar-refractivity contribution in [2.45, 2.75) is 20.0 Å². The van der Waals surface area contributed by atoms with Crippen LogP contribution in [0.15, 0.2) is 16.9 Å². The Morgan fingerprint density at radius 1 is 1.50 bits per heavy atom. The first kappa shape index (κ1) is 13.1. The minimum absolute atomic E-state index is 0.193. The number of hydrogen-bond acceptors (Lipinski definition) is 5. The molecule has 0 aliphatic carbocycles. The van der Waals surface area contributed by atoms with Crippen LogP contribution in [-0.2, 0) is 9.53 Å². The number of carbonyl (C=O) groups excluding carboxylic acids is 1. The summed E-state index contributed by atoms with van der Waals surface area (Å²) in [4.78, 5) is 19.4. The van der Waals surface area contributed by atoms with Crippen LogP contribution in [0.25, 0.3) is 0 Å². The lowest BCUT2D eigenvalue weighted by Gasteiger charge is -2.26. The smallest absolute Gasteiger partial charge is 0.314 e. The first-order valence-electron chi connectivity index (χ1n) is 4.63. The van der Waals surface area contributed by atoms with E-state index in [1.54, 1.807) is 13.8 Å². The lowest BCUT2D eigenvalue weighted by molar-refractivity contribution is -0.158. The Labute approximate surface area is 102 Å². The summed E-state index contributed by atoms with van der Waals surface area (Å²) in [6.45, 7) is 3.16. The first-order chi connectivity index (χ1) is 7.39. The van der Waals surface area contributed by atoms with Crippen molar-refractivity contribution < 1.29 is 14.6 Å². The van der Waals surface area contributed by atoms with Crippen molar-refractivity contribution in [2.75, 3.05) is 7.11 Å². The van der Waals surface area contributed by atoms with Crippen LogP contribution >= 0.6 is 15.9 Å². The number of methoxy groups -OCH3 is 1. The molecule has 0 bridgehead atoms. The van der Waals surface area contributed by atoms with E-state index >= 15 is 0 Å². The van der Waals surface area contributed by atoms with Gasteiger partial charge in [0.15, 0.2) is 5.82 Å². The predicted molar refractivity (Wildman–Crippen MR) is 60.5 cm³/mol. The van der Waals surface area contributed by atoms with Crippen molar-refractivity contribution in [2.24, 2.45) is 5.41 Å². The molecule has 1 N–H and O–H groups in total. The van der Waals surface area contributed by atoms with Gasteiger partial charge in [0.05, 0.1) is 17.0 Å². The molecule has 1 heterocycles. The largest absolute Gasteiger partial charge is 0.469 e. The number of nitrogens with zero attached hydrogens (tertiary/aromatic N) is 2. The summed E-state index contributed by atoms with van der Waals surface area (Å²) in [6.07, 6.45) is 1.92. The Morgan fingerprint density at radius 3 is 2.44 bits per heavy atom. The van der Waals surface area contributed by atoms with E-state index < -0.39 is 17.5 Å². The number of halogens is 1. The maximum atomic E-state index is 11.5. The predicted octanol–water partition coefficient (Wildman–Crippen LogP) is 1.47. The van der Waals surface area contributed by atoms with Gasteiger partial charge in [0, 0.05) is 12.4 Å². The molecule has 1 unspecified atom stereocenters. The van der Waals surface area contributed by atoms with E-state index in [-0.39, 0.29) is 5.82 Å². The molecule has 0 saturated carbocycles. The lowest BCUT2D eigenvalue weighted by Crippen LogP contribution is -2.33. The summed E-state index contributed by atoms with van der Waals surface area (Å²) in [5, 5.41) is 10.00. The number of rotatable bonds is 3. The summed E-state index contributed by atoms with van der Waals surface area (Å²) >= 11 is 3.19. The number of ether oxygens (including phenoxy) is 1. The number of aliphatic hydroxyl groups excluding tert-OH is 1. The Hall–Kier alpha value is -1.01. The third-order valence-electron chi connectivity index (χ3n) is 2.28. The first-order valence-corrected chi connectivity index (χ1v) is 5.42. The molecular weight excluding hydrogens is 276 g/mol. The summed E-state index contributed by atoms with van der Waals surface area (Å²) in [5.74, 6) is -0.315. The van der Waals surface area contributed by atoms with Gasteiger partial charge in [-0.3, -0.25) is 4.79 Å². The molecule has 1 aromatic rings. The third-order valence-corrected chi connectivity index (χ3v) is 2.69. The highest BCUT2D eigenvalue weighted by Crippen LogP contribution is 2.32. The van der Waals surface area contributed by atoms with Gasteiger partial charge in [-0.25, -0.2) is 9.97 Å². The molecule has 0 fully saturated rings. The quantitative estimate of drug-likeness (QED) is 0.853. The van der Waals surface area contributed by atoms with Gasteiger partial charge in [0.25, 0.3) is 0 Å². The number of aliphatic hydroxyl groups is 1. The molecule has 5 nitrogen and oxygen atoms in total. The standard InChI is InChI=1S/C10H13BrN2O3/c1-10(2,9(15)16-3)7(14)8-12-4-6(11)5-13-8/h4-5,7,14H,1-3H3. The average molecular weight is 289 g/mol. The normalized spacial score (nSPS) is 13.3. The average Bonchev–Trinajstić information content (AvgIpc) is 2.28. The van der Waals surface area contributed by atoms with Crippen LogP contribution in [0.4, 0.5) is 0 Å². The van der Waals surface area contributed by atoms with Crippen LogP contribution in [0, 0.1) is 5.41 Å². The zero-order valence-electron chi connectivity index (χ0n) is 9.27. The zero-order valence-corrected chi connectivity index (χ0v) is 10.9. The van der Waals surface area contributed by atoms with Crippen LogP contribution in [0.1, 0.15) is 25.8 Å². The maximum absolute atomic E-state index is 11.5. The molecule has 1 aromatic heterocycles. The van der Waals surface area contributed by atoms with E-state index in [1.807, 2.05) is 0 Å². The lowest BCUT2D eigenvalue weighted by atomic mass is 9.86. The van der Waals surface area contributed by atoms with Crippen molar-refractivity contribution in [1.82, 2.24) is 9.97 Å². The zero-order chi connectivity index (χ0) is 12.3. The van der Waals surface area contributed by atoms with Crippen molar-refractivity contribution in [1.29, 1.82) is 0 Å². The van der Waals surface area contributed by atoms with Gasteiger partial charge in [-0.2, -0.15) is 0 Å². The fourth-order valence-corrected chi connectivity index (χ4v) is 1.37. The number of carbonyl (C=O) groups is 1. The molecule has 0 spiro atoms. The SMILES string of the molecule is COC(=O)C(C)(C)C(O)c1ncc(Br)cn1. The summed E-state index contributed by atoms with van der Waals surface area (Å²) in [5.41, 5.74) is -1.08. The topological polar surface area (TPSA) is 72.3 Å². The number of esters is 1. The van der Waals surface area contributed by atoms with Gasteiger partial charge < -0.3 is 9.84 Å². The summed E-state index contributed by atoms with van der Waals surface area (Å²) in [6, 6.07) is 0. The van der Waals surface area contributed by atoms with Gasteiger partial charge in [-0.1, -0.05) is 0 Å². The van der Waals surface area contributed by atoms with Crippen LogP contribution in [0.3, 0.4) is 0 Å². The molecule has 0 amide bonds. The number of aromatic nitrogens is 2. The molecule has 88 valence electrons. The second-order valence-electron chi connectivity index (χ2n) is 3.88. The Bertz CT molecular complexity index is 378. The fraction of sp³-hybridized carbons (Fsp3) is 0.500. The highest BCUT2D eigenvalue weighted by Gasteiger charge is 2.39. The minimum atomic E-state index is -1.10. The van der Waals surface area contributed by atoms with Crippen LogP contribution in [-0.4, -0.2) is 28.2 Å². The molecule has 0 aliphatic heterocycles. The van der Waals surface area contributed by atoms with Crippen LogP contribution in [0.5, 0.6) is 0 Å². The van der Waals surface area contributed by atoms with E-state index in [2.05, 4.69) is 30.6 Å². The van der Waals surface area contributed by atoms with Crippen molar-refractivity contribution >= 4 is 21.9 Å². The third kappa shape index (κ3) is 2.56. The van der Waals surface area contributed by atoms with Gasteiger partial charge >= 0.3 is 5.97 Å². The van der Waals surface area contributed by atoms with E-state index in [0.29, 0.717) is 4.47 Å². The van der Waals surface area contributed by atoms with Gasteiger partial charge in [0.2, 0.25) is 0 Å². The van der Waals surface area contributed by atoms with Crippen molar-refractivity contribution in [3.8, 4) is 0 Å². The van der Waals surface area contributed by atoms with E-state index in [1.165, 1.54) is 19.5 Å². The summed E-state index contributed by atoms with van der Waals surface area (Å²) < 4.78 is 5.33. The number of hydrogen-bond donors (Lipinski definition) is 1. The van der Waals surface area contributed by atoms with Crippen LogP contribution in [0.2, 0.25) is 0 Å². The Morgan fingerprint density at radius 2 is 2.00 bits per heavy atom. The highest BCUT2D eigenvalue weighted by atomic mass is 79.9. The van der Waals surface area contributed by atoms with E-state index in [4.69, 9.17) is 0 Å². The molecular formula is C10H13BrN2O3. The molecule has 6 heteroatoms. The van der Waals surface area contributed by atoms with Crippen LogP contribution < -0.4 is 0 Å². The summed E-state index contributed by atoms with van der Waals surface area (Å²) in [7, 11) is 1.28. The second-order valence-corrected chi connectivity index (χ2v) is 4.79. The second kappa shape index (κ2) is 4.88. The van der Waals surface area contributed by atoms with E-state index in [9.17, 15) is 9.90 Å². The Balaban J connectivity index is 2.97. The van der Waals surface area contributed by atoms with E-state index in [0.717, 1.165) is 0 Å². The van der Waals surface area contributed by atoms with Gasteiger partial charge in [-0.05, 0) is 29.8 Å². The Kier molecular flexibility index (Phi) is 3.98. The molecule has 16 heavy (non-hydrogen) atoms. The van der Waals surface area contributed by atoms with Crippen molar-refractivity contribution in [3.05, 3.63) is 22.7 Å². The monoisotopic (exact) mass is 288 g/mol. The maximum Gasteiger partial charge on any atom is 0.314 e. The molecule has 0 saturated heterocycles.